The Kier molecular flexibility index (Phi) is 5.05. The van der Waals surface area contributed by atoms with E-state index in [0.29, 0.717) is 25.3 Å². The van der Waals surface area contributed by atoms with E-state index in [1.807, 2.05) is 31.2 Å². The summed E-state index contributed by atoms with van der Waals surface area (Å²) in [6.07, 6.45) is 1.07. The Morgan fingerprint density at radius 2 is 2.35 bits per heavy atom. The van der Waals surface area contributed by atoms with E-state index in [9.17, 15) is 4.79 Å². The molecule has 0 aliphatic heterocycles. The predicted octanol–water partition coefficient (Wildman–Crippen LogP) is 0.984. The summed E-state index contributed by atoms with van der Waals surface area (Å²) >= 11 is 0. The number of aromatic amines is 1. The van der Waals surface area contributed by atoms with Gasteiger partial charge >= 0.3 is 0 Å². The van der Waals surface area contributed by atoms with E-state index >= 15 is 0 Å². The maximum Gasteiger partial charge on any atom is 0.220 e. The van der Waals surface area contributed by atoms with Crippen LogP contribution in [0.15, 0.2) is 24.3 Å². The lowest BCUT2D eigenvalue weighted by molar-refractivity contribution is -0.121. The van der Waals surface area contributed by atoms with Gasteiger partial charge in [-0.15, -0.1) is 10.2 Å². The quantitative estimate of drug-likeness (QED) is 0.735. The molecule has 1 aromatic carbocycles. The Morgan fingerprint density at radius 3 is 3.10 bits per heavy atom. The number of H-pyrrole nitrogens is 1. The summed E-state index contributed by atoms with van der Waals surface area (Å²) in [5.41, 5.74) is 1.15. The number of amides is 1. The van der Waals surface area contributed by atoms with Crippen LogP contribution in [0.4, 0.5) is 0 Å². The van der Waals surface area contributed by atoms with Crippen molar-refractivity contribution in [2.75, 3.05) is 6.61 Å². The van der Waals surface area contributed by atoms with Crippen molar-refractivity contribution >= 4 is 5.91 Å². The summed E-state index contributed by atoms with van der Waals surface area (Å²) < 4.78 is 5.57. The number of aryl methyl sites for hydroxylation is 1. The first-order valence-corrected chi connectivity index (χ1v) is 6.42. The molecule has 0 atom stereocenters. The molecule has 106 valence electrons. The average molecular weight is 275 g/mol. The van der Waals surface area contributed by atoms with Crippen LogP contribution < -0.4 is 10.1 Å². The van der Waals surface area contributed by atoms with Crippen molar-refractivity contribution in [3.05, 3.63) is 35.7 Å². The van der Waals surface area contributed by atoms with Gasteiger partial charge < -0.3 is 10.1 Å². The van der Waals surface area contributed by atoms with Gasteiger partial charge in [0.1, 0.15) is 5.75 Å². The fourth-order valence-corrected chi connectivity index (χ4v) is 1.65. The molecule has 0 aliphatic carbocycles. The van der Waals surface area contributed by atoms with Crippen molar-refractivity contribution in [2.45, 2.75) is 26.3 Å². The van der Waals surface area contributed by atoms with Gasteiger partial charge in [0.25, 0.3) is 0 Å². The van der Waals surface area contributed by atoms with Crippen LogP contribution in [-0.4, -0.2) is 33.1 Å². The third-order valence-corrected chi connectivity index (χ3v) is 2.64. The highest BCUT2D eigenvalue weighted by Crippen LogP contribution is 2.12. The molecule has 1 aromatic heterocycles. The lowest BCUT2D eigenvalue weighted by atomic mass is 10.2. The number of tetrazole rings is 1. The molecule has 0 saturated carbocycles. The van der Waals surface area contributed by atoms with E-state index in [1.54, 1.807) is 0 Å². The van der Waals surface area contributed by atoms with E-state index in [-0.39, 0.29) is 12.5 Å². The number of nitrogens with zero attached hydrogens (tertiary/aromatic N) is 3. The van der Waals surface area contributed by atoms with Gasteiger partial charge in [0.2, 0.25) is 5.91 Å². The molecule has 1 heterocycles. The molecule has 0 aliphatic rings. The van der Waals surface area contributed by atoms with Gasteiger partial charge in [-0.1, -0.05) is 17.3 Å². The standard InChI is InChI=1S/C13H17N5O2/c1-10-4-2-5-11(8-10)20-7-3-6-13(19)14-9-12-15-17-18-16-12/h2,4-5,8H,3,6-7,9H2,1H3,(H,14,19)(H,15,16,17,18). The van der Waals surface area contributed by atoms with E-state index in [4.69, 9.17) is 4.74 Å². The van der Waals surface area contributed by atoms with Crippen molar-refractivity contribution in [3.8, 4) is 5.75 Å². The molecule has 7 nitrogen and oxygen atoms in total. The van der Waals surface area contributed by atoms with Crippen molar-refractivity contribution in [2.24, 2.45) is 0 Å². The zero-order chi connectivity index (χ0) is 14.2. The second-order valence-corrected chi connectivity index (χ2v) is 4.37. The van der Waals surface area contributed by atoms with E-state index in [0.717, 1.165) is 11.3 Å². The van der Waals surface area contributed by atoms with Gasteiger partial charge in [0.05, 0.1) is 13.2 Å². The Labute approximate surface area is 116 Å². The van der Waals surface area contributed by atoms with Crippen LogP contribution in [0.1, 0.15) is 24.2 Å². The highest BCUT2D eigenvalue weighted by molar-refractivity contribution is 5.75. The first-order valence-electron chi connectivity index (χ1n) is 6.42. The number of benzene rings is 1. The second kappa shape index (κ2) is 7.22. The molecule has 0 fully saturated rings. The molecule has 7 heteroatoms. The molecule has 2 rings (SSSR count). The van der Waals surface area contributed by atoms with Gasteiger partial charge in [0.15, 0.2) is 5.82 Å². The molecule has 2 N–H and O–H groups in total. The lowest BCUT2D eigenvalue weighted by Crippen LogP contribution is -2.23. The maximum absolute atomic E-state index is 11.6. The number of carbonyl (C=O) groups is 1. The SMILES string of the molecule is Cc1cccc(OCCCC(=O)NCc2nn[nH]n2)c1. The summed E-state index contributed by atoms with van der Waals surface area (Å²) in [4.78, 5) is 11.6. The molecular weight excluding hydrogens is 258 g/mol. The highest BCUT2D eigenvalue weighted by Gasteiger charge is 2.04. The maximum atomic E-state index is 11.6. The Bertz CT molecular complexity index is 541. The number of carbonyl (C=O) groups excluding carboxylic acids is 1. The summed E-state index contributed by atoms with van der Waals surface area (Å²) in [5.74, 6) is 1.24. The van der Waals surface area contributed by atoms with Gasteiger partial charge in [-0.25, -0.2) is 0 Å². The number of rotatable bonds is 7. The number of nitrogens with one attached hydrogen (secondary N) is 2. The zero-order valence-electron chi connectivity index (χ0n) is 11.3. The van der Waals surface area contributed by atoms with Gasteiger partial charge in [-0.05, 0) is 31.0 Å². The molecule has 20 heavy (non-hydrogen) atoms. The first kappa shape index (κ1) is 14.0. The molecular formula is C13H17N5O2. The van der Waals surface area contributed by atoms with Gasteiger partial charge in [-0.3, -0.25) is 4.79 Å². The predicted molar refractivity (Wildman–Crippen MR) is 71.9 cm³/mol. The average Bonchev–Trinajstić information content (AvgIpc) is 2.95. The van der Waals surface area contributed by atoms with Gasteiger partial charge in [0, 0.05) is 6.42 Å². The minimum absolute atomic E-state index is 0.0531. The Balaban J connectivity index is 1.59. The molecule has 0 unspecified atom stereocenters. The highest BCUT2D eigenvalue weighted by atomic mass is 16.5. The van der Waals surface area contributed by atoms with Crippen LogP contribution in [0.2, 0.25) is 0 Å². The molecule has 0 saturated heterocycles. The molecule has 2 aromatic rings. The van der Waals surface area contributed by atoms with Crippen LogP contribution >= 0.6 is 0 Å². The third-order valence-electron chi connectivity index (χ3n) is 2.64. The topological polar surface area (TPSA) is 92.8 Å². The van der Waals surface area contributed by atoms with E-state index in [1.165, 1.54) is 0 Å². The van der Waals surface area contributed by atoms with E-state index in [2.05, 4.69) is 25.9 Å². The number of hydrogen-bond donors (Lipinski definition) is 2. The summed E-state index contributed by atoms with van der Waals surface area (Å²) in [6, 6.07) is 7.83. The number of hydrogen-bond acceptors (Lipinski definition) is 5. The van der Waals surface area contributed by atoms with Gasteiger partial charge in [-0.2, -0.15) is 5.21 Å². The monoisotopic (exact) mass is 275 g/mol. The van der Waals surface area contributed by atoms with Crippen LogP contribution in [0.3, 0.4) is 0 Å². The van der Waals surface area contributed by atoms with Crippen molar-refractivity contribution < 1.29 is 9.53 Å². The van der Waals surface area contributed by atoms with Crippen LogP contribution in [0.25, 0.3) is 0 Å². The minimum atomic E-state index is -0.0531. The largest absolute Gasteiger partial charge is 0.494 e. The van der Waals surface area contributed by atoms with Crippen molar-refractivity contribution in [1.29, 1.82) is 0 Å². The van der Waals surface area contributed by atoms with Crippen LogP contribution in [0, 0.1) is 6.92 Å². The fourth-order valence-electron chi connectivity index (χ4n) is 1.65. The summed E-state index contributed by atoms with van der Waals surface area (Å²) in [5, 5.41) is 15.9. The second-order valence-electron chi connectivity index (χ2n) is 4.37. The number of aromatic nitrogens is 4. The van der Waals surface area contributed by atoms with E-state index < -0.39 is 0 Å². The summed E-state index contributed by atoms with van der Waals surface area (Å²) in [7, 11) is 0. The normalized spacial score (nSPS) is 10.2. The minimum Gasteiger partial charge on any atom is -0.494 e. The summed E-state index contributed by atoms with van der Waals surface area (Å²) in [6.45, 7) is 2.81. The van der Waals surface area contributed by atoms with Crippen LogP contribution in [-0.2, 0) is 11.3 Å². The van der Waals surface area contributed by atoms with Crippen LogP contribution in [0.5, 0.6) is 5.75 Å². The zero-order valence-corrected chi connectivity index (χ0v) is 11.3. The molecule has 0 spiro atoms. The third kappa shape index (κ3) is 4.68. The lowest BCUT2D eigenvalue weighted by Gasteiger charge is -2.06. The molecule has 1 amide bonds. The van der Waals surface area contributed by atoms with Crippen molar-refractivity contribution in [3.63, 3.8) is 0 Å². The fraction of sp³-hybridized carbons (Fsp3) is 0.385. The Hall–Kier alpha value is -2.44. The Morgan fingerprint density at radius 1 is 1.45 bits per heavy atom. The first-order chi connectivity index (χ1) is 9.74. The molecule has 0 bridgehead atoms. The smallest absolute Gasteiger partial charge is 0.220 e. The van der Waals surface area contributed by atoms with Crippen molar-refractivity contribution in [1.82, 2.24) is 25.9 Å². The number of ether oxygens (including phenoxy) is 1. The molecule has 0 radical (unpaired) electrons.